The van der Waals surface area contributed by atoms with E-state index in [1.54, 1.807) is 0 Å². The van der Waals surface area contributed by atoms with Gasteiger partial charge in [-0.05, 0) is 31.9 Å². The fourth-order valence-corrected chi connectivity index (χ4v) is 4.00. The van der Waals surface area contributed by atoms with Gasteiger partial charge in [0.1, 0.15) is 0 Å². The highest BCUT2D eigenvalue weighted by molar-refractivity contribution is 8.00. The van der Waals surface area contributed by atoms with Crippen LogP contribution in [0.4, 0.5) is 5.69 Å². The summed E-state index contributed by atoms with van der Waals surface area (Å²) in [7, 11) is 0. The molecule has 3 nitrogen and oxygen atoms in total. The Bertz CT molecular complexity index is 558. The third-order valence-corrected chi connectivity index (χ3v) is 5.30. The van der Waals surface area contributed by atoms with Gasteiger partial charge in [0.15, 0.2) is 0 Å². The molecule has 1 aliphatic rings. The third kappa shape index (κ3) is 3.18. The number of benzene rings is 1. The number of hydrogen-bond donors (Lipinski definition) is 2. The Labute approximate surface area is 124 Å². The van der Waals surface area contributed by atoms with Gasteiger partial charge in [0.2, 0.25) is 0 Å². The van der Waals surface area contributed by atoms with Crippen LogP contribution in [-0.2, 0) is 6.54 Å². The number of thioether (sulfide) groups is 1. The van der Waals surface area contributed by atoms with Gasteiger partial charge in [0, 0.05) is 33.6 Å². The van der Waals surface area contributed by atoms with Crippen LogP contribution in [0.1, 0.15) is 36.9 Å². The van der Waals surface area contributed by atoms with Crippen molar-refractivity contribution in [3.63, 3.8) is 0 Å². The Hall–Kier alpha value is -1.42. The molecule has 0 spiro atoms. The average molecular weight is 287 g/mol. The van der Waals surface area contributed by atoms with Gasteiger partial charge in [0.05, 0.1) is 6.20 Å². The monoisotopic (exact) mass is 287 g/mol. The molecule has 2 N–H and O–H groups in total. The van der Waals surface area contributed by atoms with Gasteiger partial charge < -0.3 is 5.32 Å². The number of aromatic nitrogens is 2. The van der Waals surface area contributed by atoms with E-state index in [0.29, 0.717) is 0 Å². The van der Waals surface area contributed by atoms with Crippen molar-refractivity contribution in [3.05, 3.63) is 41.7 Å². The molecule has 0 bridgehead atoms. The minimum Gasteiger partial charge on any atom is -0.380 e. The summed E-state index contributed by atoms with van der Waals surface area (Å²) in [4.78, 5) is 1.38. The molecule has 1 aromatic heterocycles. The van der Waals surface area contributed by atoms with Gasteiger partial charge >= 0.3 is 0 Å². The molecule has 106 valence electrons. The van der Waals surface area contributed by atoms with Crippen molar-refractivity contribution in [2.75, 3.05) is 5.32 Å². The summed E-state index contributed by atoms with van der Waals surface area (Å²) >= 11 is 2.03. The van der Waals surface area contributed by atoms with E-state index in [2.05, 4.69) is 46.7 Å². The first-order valence-corrected chi connectivity index (χ1v) is 8.19. The quantitative estimate of drug-likeness (QED) is 0.858. The zero-order chi connectivity index (χ0) is 13.8. The van der Waals surface area contributed by atoms with Crippen molar-refractivity contribution in [1.82, 2.24) is 10.2 Å². The van der Waals surface area contributed by atoms with Crippen molar-refractivity contribution in [1.29, 1.82) is 0 Å². The number of rotatable bonds is 5. The summed E-state index contributed by atoms with van der Waals surface area (Å²) in [6.45, 7) is 2.88. The Morgan fingerprint density at radius 3 is 2.85 bits per heavy atom. The summed E-state index contributed by atoms with van der Waals surface area (Å²) in [6.07, 6.45) is 7.40. The van der Waals surface area contributed by atoms with Crippen molar-refractivity contribution in [2.45, 2.75) is 49.3 Å². The normalized spacial score (nSPS) is 15.7. The largest absolute Gasteiger partial charge is 0.380 e. The third-order valence-electron chi connectivity index (χ3n) is 3.89. The van der Waals surface area contributed by atoms with Crippen molar-refractivity contribution < 1.29 is 0 Å². The maximum absolute atomic E-state index is 4.07. The molecular weight excluding hydrogens is 266 g/mol. The van der Waals surface area contributed by atoms with Gasteiger partial charge in [-0.1, -0.05) is 25.0 Å². The summed E-state index contributed by atoms with van der Waals surface area (Å²) in [5, 5.41) is 11.4. The fraction of sp³-hybridized carbons (Fsp3) is 0.438. The van der Waals surface area contributed by atoms with Crippen LogP contribution in [0.15, 0.2) is 35.4 Å². The zero-order valence-electron chi connectivity index (χ0n) is 11.9. The predicted octanol–water partition coefficient (Wildman–Crippen LogP) is 4.36. The first kappa shape index (κ1) is 13.6. The maximum Gasteiger partial charge on any atom is 0.0539 e. The second kappa shape index (κ2) is 6.35. The number of para-hydroxylation sites is 1. The number of aryl methyl sites for hydroxylation is 1. The van der Waals surface area contributed by atoms with Crippen LogP contribution in [0, 0.1) is 6.92 Å². The summed E-state index contributed by atoms with van der Waals surface area (Å²) in [5.74, 6) is 0. The lowest BCUT2D eigenvalue weighted by atomic mass is 10.2. The highest BCUT2D eigenvalue weighted by Gasteiger charge is 2.17. The van der Waals surface area contributed by atoms with Crippen LogP contribution in [0.3, 0.4) is 0 Å². The van der Waals surface area contributed by atoms with Gasteiger partial charge in [-0.3, -0.25) is 5.10 Å². The number of nitrogens with one attached hydrogen (secondary N) is 2. The van der Waals surface area contributed by atoms with Crippen LogP contribution in [0.5, 0.6) is 0 Å². The summed E-state index contributed by atoms with van der Waals surface area (Å²) in [6, 6.07) is 8.63. The van der Waals surface area contributed by atoms with E-state index < -0.39 is 0 Å². The SMILES string of the molecule is Cc1[nH]ncc1CNc1ccccc1SC1CCCC1. The van der Waals surface area contributed by atoms with Crippen LogP contribution in [0.25, 0.3) is 0 Å². The number of H-pyrrole nitrogens is 1. The second-order valence-corrected chi connectivity index (χ2v) is 6.74. The number of hydrogen-bond acceptors (Lipinski definition) is 3. The van der Waals surface area contributed by atoms with E-state index in [4.69, 9.17) is 0 Å². The van der Waals surface area contributed by atoms with Crippen LogP contribution in [0.2, 0.25) is 0 Å². The van der Waals surface area contributed by atoms with E-state index in [-0.39, 0.29) is 0 Å². The lowest BCUT2D eigenvalue weighted by Gasteiger charge is -2.14. The van der Waals surface area contributed by atoms with E-state index >= 15 is 0 Å². The molecule has 2 aromatic rings. The molecule has 4 heteroatoms. The Balaban J connectivity index is 1.67. The Morgan fingerprint density at radius 1 is 1.30 bits per heavy atom. The molecule has 20 heavy (non-hydrogen) atoms. The minimum atomic E-state index is 0.800. The van der Waals surface area contributed by atoms with E-state index in [1.165, 1.54) is 41.8 Å². The molecule has 0 amide bonds. The molecule has 1 saturated carbocycles. The van der Waals surface area contributed by atoms with Gasteiger partial charge in [0.25, 0.3) is 0 Å². The van der Waals surface area contributed by atoms with Crippen LogP contribution in [-0.4, -0.2) is 15.4 Å². The van der Waals surface area contributed by atoms with Crippen LogP contribution < -0.4 is 5.32 Å². The highest BCUT2D eigenvalue weighted by atomic mass is 32.2. The highest BCUT2D eigenvalue weighted by Crippen LogP contribution is 2.38. The minimum absolute atomic E-state index is 0.800. The number of aromatic amines is 1. The fourth-order valence-electron chi connectivity index (χ4n) is 2.65. The van der Waals surface area contributed by atoms with Crippen molar-refractivity contribution >= 4 is 17.4 Å². The molecule has 0 saturated heterocycles. The molecule has 3 rings (SSSR count). The van der Waals surface area contributed by atoms with Crippen molar-refractivity contribution in [3.8, 4) is 0 Å². The lowest BCUT2D eigenvalue weighted by molar-refractivity contribution is 0.886. The van der Waals surface area contributed by atoms with Gasteiger partial charge in [-0.25, -0.2) is 0 Å². The zero-order valence-corrected chi connectivity index (χ0v) is 12.7. The molecule has 1 heterocycles. The van der Waals surface area contributed by atoms with E-state index in [0.717, 1.165) is 17.5 Å². The molecular formula is C16H21N3S. The topological polar surface area (TPSA) is 40.7 Å². The van der Waals surface area contributed by atoms with Crippen molar-refractivity contribution in [2.24, 2.45) is 0 Å². The standard InChI is InChI=1S/C16H21N3S/c1-12-13(11-18-19-12)10-17-15-8-4-5-9-16(15)20-14-6-2-3-7-14/h4-5,8-9,11,14,17H,2-3,6-7,10H2,1H3,(H,18,19). The molecule has 1 aromatic carbocycles. The second-order valence-electron chi connectivity index (χ2n) is 5.39. The van der Waals surface area contributed by atoms with E-state index in [1.807, 2.05) is 18.0 Å². The Morgan fingerprint density at radius 2 is 2.10 bits per heavy atom. The maximum atomic E-state index is 4.07. The number of anilines is 1. The molecule has 1 aliphatic carbocycles. The van der Waals surface area contributed by atoms with Gasteiger partial charge in [-0.2, -0.15) is 5.10 Å². The smallest absolute Gasteiger partial charge is 0.0539 e. The molecule has 0 aliphatic heterocycles. The predicted molar refractivity (Wildman–Crippen MR) is 85.2 cm³/mol. The number of nitrogens with zero attached hydrogens (tertiary/aromatic N) is 1. The summed E-state index contributed by atoms with van der Waals surface area (Å²) < 4.78 is 0. The molecule has 0 atom stereocenters. The first-order chi connectivity index (χ1) is 9.83. The average Bonchev–Trinajstić information content (AvgIpc) is 3.10. The summed E-state index contributed by atoms with van der Waals surface area (Å²) in [5.41, 5.74) is 3.61. The first-order valence-electron chi connectivity index (χ1n) is 7.31. The van der Waals surface area contributed by atoms with Crippen LogP contribution >= 0.6 is 11.8 Å². The molecule has 0 radical (unpaired) electrons. The van der Waals surface area contributed by atoms with Gasteiger partial charge in [-0.15, -0.1) is 11.8 Å². The van der Waals surface area contributed by atoms with E-state index in [9.17, 15) is 0 Å². The Kier molecular flexibility index (Phi) is 4.31. The lowest BCUT2D eigenvalue weighted by Crippen LogP contribution is -2.02. The molecule has 1 fully saturated rings. The molecule has 0 unspecified atom stereocenters.